The fraction of sp³-hybridized carbons (Fsp3) is 0.318. The Labute approximate surface area is 184 Å². The number of rotatable bonds is 5. The topological polar surface area (TPSA) is 91.8 Å². The van der Waals surface area contributed by atoms with Crippen molar-refractivity contribution in [2.75, 3.05) is 23.8 Å². The van der Waals surface area contributed by atoms with Crippen LogP contribution < -0.4 is 16.0 Å². The number of guanidine groups is 1. The molecule has 1 atom stereocenters. The summed E-state index contributed by atoms with van der Waals surface area (Å²) in [6.07, 6.45) is 2.04. The van der Waals surface area contributed by atoms with Crippen molar-refractivity contribution in [3.05, 3.63) is 58.1 Å². The fourth-order valence-corrected chi connectivity index (χ4v) is 3.46. The highest BCUT2D eigenvalue weighted by Crippen LogP contribution is 2.18. The molecular weight excluding hydrogens is 448 g/mol. The lowest BCUT2D eigenvalue weighted by Crippen LogP contribution is -2.36. The maximum atomic E-state index is 12.9. The largest absolute Gasteiger partial charge is 0.376 e. The summed E-state index contributed by atoms with van der Waals surface area (Å²) in [5.41, 5.74) is 2.69. The van der Waals surface area contributed by atoms with Gasteiger partial charge >= 0.3 is 0 Å². The van der Waals surface area contributed by atoms with Crippen LogP contribution >= 0.6 is 15.9 Å². The Morgan fingerprint density at radius 1 is 1.20 bits per heavy atom. The first kappa shape index (κ1) is 22.0. The first-order chi connectivity index (χ1) is 14.4. The van der Waals surface area contributed by atoms with Gasteiger partial charge in [-0.15, -0.1) is 0 Å². The van der Waals surface area contributed by atoms with E-state index in [0.29, 0.717) is 23.8 Å². The Bertz CT molecular complexity index is 955. The van der Waals surface area contributed by atoms with Crippen molar-refractivity contribution in [2.45, 2.75) is 32.8 Å². The summed E-state index contributed by atoms with van der Waals surface area (Å²) in [4.78, 5) is 28.8. The molecule has 30 heavy (non-hydrogen) atoms. The van der Waals surface area contributed by atoms with Crippen LogP contribution in [0.4, 0.5) is 11.4 Å². The molecule has 8 heteroatoms. The van der Waals surface area contributed by atoms with Crippen molar-refractivity contribution >= 4 is 45.1 Å². The van der Waals surface area contributed by atoms with E-state index >= 15 is 0 Å². The first-order valence-corrected chi connectivity index (χ1v) is 10.6. The number of carbonyl (C=O) groups is 2. The van der Waals surface area contributed by atoms with Gasteiger partial charge in [0.1, 0.15) is 0 Å². The second-order valence-electron chi connectivity index (χ2n) is 7.12. The molecule has 1 heterocycles. The van der Waals surface area contributed by atoms with Crippen LogP contribution in [0.3, 0.4) is 0 Å². The zero-order valence-corrected chi connectivity index (χ0v) is 18.6. The zero-order chi connectivity index (χ0) is 21.5. The van der Waals surface area contributed by atoms with Gasteiger partial charge in [-0.2, -0.15) is 0 Å². The Kier molecular flexibility index (Phi) is 7.59. The summed E-state index contributed by atoms with van der Waals surface area (Å²) in [5, 5.41) is 8.75. The molecule has 2 amide bonds. The molecule has 0 bridgehead atoms. The van der Waals surface area contributed by atoms with Gasteiger partial charge in [0.05, 0.1) is 12.6 Å². The van der Waals surface area contributed by atoms with Gasteiger partial charge in [0.2, 0.25) is 11.9 Å². The fourth-order valence-electron chi connectivity index (χ4n) is 3.06. The Morgan fingerprint density at radius 2 is 2.03 bits per heavy atom. The molecule has 3 N–H and O–H groups in total. The van der Waals surface area contributed by atoms with Crippen molar-refractivity contribution in [1.29, 1.82) is 0 Å². The van der Waals surface area contributed by atoms with Crippen molar-refractivity contribution in [2.24, 2.45) is 4.99 Å². The van der Waals surface area contributed by atoms with E-state index in [9.17, 15) is 9.59 Å². The third kappa shape index (κ3) is 6.40. The minimum Gasteiger partial charge on any atom is -0.376 e. The molecule has 1 aliphatic heterocycles. The molecule has 1 saturated heterocycles. The van der Waals surface area contributed by atoms with Gasteiger partial charge < -0.3 is 15.4 Å². The number of aryl methyl sites for hydroxylation is 1. The summed E-state index contributed by atoms with van der Waals surface area (Å²) in [7, 11) is 0. The highest BCUT2D eigenvalue weighted by Gasteiger charge is 2.16. The van der Waals surface area contributed by atoms with E-state index in [4.69, 9.17) is 4.74 Å². The maximum absolute atomic E-state index is 12.9. The van der Waals surface area contributed by atoms with Crippen molar-refractivity contribution in [3.8, 4) is 0 Å². The van der Waals surface area contributed by atoms with E-state index < -0.39 is 0 Å². The van der Waals surface area contributed by atoms with Crippen LogP contribution in [0.15, 0.2) is 51.9 Å². The van der Waals surface area contributed by atoms with Crippen molar-refractivity contribution in [1.82, 2.24) is 5.32 Å². The van der Waals surface area contributed by atoms with Crippen LogP contribution in [0.1, 0.15) is 35.7 Å². The monoisotopic (exact) mass is 472 g/mol. The number of hydrogen-bond donors (Lipinski definition) is 3. The highest BCUT2D eigenvalue weighted by molar-refractivity contribution is 9.10. The van der Waals surface area contributed by atoms with E-state index in [1.54, 1.807) is 18.2 Å². The average Bonchev–Trinajstić information content (AvgIpc) is 3.21. The molecule has 0 saturated carbocycles. The lowest BCUT2D eigenvalue weighted by molar-refractivity contribution is -0.114. The predicted octanol–water partition coefficient (Wildman–Crippen LogP) is 4.09. The molecule has 0 unspecified atom stereocenters. The summed E-state index contributed by atoms with van der Waals surface area (Å²) >= 11 is 3.45. The summed E-state index contributed by atoms with van der Waals surface area (Å²) in [5.74, 6) is -0.170. The maximum Gasteiger partial charge on any atom is 0.258 e. The van der Waals surface area contributed by atoms with Gasteiger partial charge in [-0.1, -0.05) is 28.1 Å². The van der Waals surface area contributed by atoms with Gasteiger partial charge in [0.25, 0.3) is 5.91 Å². The molecule has 0 radical (unpaired) electrons. The van der Waals surface area contributed by atoms with Gasteiger partial charge in [-0.05, 0) is 55.7 Å². The minimum atomic E-state index is -0.324. The van der Waals surface area contributed by atoms with E-state index in [-0.39, 0.29) is 17.9 Å². The van der Waals surface area contributed by atoms with Crippen molar-refractivity contribution < 1.29 is 14.3 Å². The van der Waals surface area contributed by atoms with Gasteiger partial charge in [-0.25, -0.2) is 4.99 Å². The van der Waals surface area contributed by atoms with Gasteiger partial charge in [-0.3, -0.25) is 14.9 Å². The number of benzene rings is 2. The molecule has 2 aromatic carbocycles. The van der Waals surface area contributed by atoms with E-state index in [0.717, 1.165) is 35.2 Å². The Morgan fingerprint density at radius 3 is 2.73 bits per heavy atom. The molecule has 158 valence electrons. The number of carbonyl (C=O) groups excluding carboxylic acids is 2. The quantitative estimate of drug-likeness (QED) is 0.451. The van der Waals surface area contributed by atoms with Gasteiger partial charge in [0.15, 0.2) is 0 Å². The molecule has 0 spiro atoms. The second kappa shape index (κ2) is 10.4. The van der Waals surface area contributed by atoms with E-state index in [1.807, 2.05) is 31.2 Å². The number of anilines is 2. The number of amides is 2. The second-order valence-corrected chi connectivity index (χ2v) is 8.04. The first-order valence-electron chi connectivity index (χ1n) is 9.79. The van der Waals surface area contributed by atoms with Crippen LogP contribution in [0, 0.1) is 6.92 Å². The summed E-state index contributed by atoms with van der Waals surface area (Å²) in [6, 6.07) is 12.8. The SMILES string of the molecule is CC(=O)Nc1cc(C(=O)NC(=NC[C@H]2CCCO2)Nc2cccc(Br)c2)ccc1C. The molecule has 7 nitrogen and oxygen atoms in total. The number of halogens is 1. The van der Waals surface area contributed by atoms with Crippen molar-refractivity contribution in [3.63, 3.8) is 0 Å². The predicted molar refractivity (Wildman–Crippen MR) is 122 cm³/mol. The average molecular weight is 473 g/mol. The zero-order valence-electron chi connectivity index (χ0n) is 17.0. The van der Waals surface area contributed by atoms with Crippen LogP contribution in [0.25, 0.3) is 0 Å². The van der Waals surface area contributed by atoms with Gasteiger partial charge in [0, 0.05) is 34.9 Å². The normalized spacial score (nSPS) is 16.2. The minimum absolute atomic E-state index is 0.0620. The lowest BCUT2D eigenvalue weighted by Gasteiger charge is -2.14. The Hall–Kier alpha value is -2.71. The molecule has 1 aliphatic rings. The van der Waals surface area contributed by atoms with E-state index in [2.05, 4.69) is 36.9 Å². The molecule has 0 aromatic heterocycles. The standard InChI is InChI=1S/C22H25BrN4O3/c1-14-8-9-16(11-20(14)25-15(2)28)21(29)27-22(24-13-19-7-4-10-30-19)26-18-6-3-5-17(23)12-18/h3,5-6,8-9,11-12,19H,4,7,10,13H2,1-2H3,(H,25,28)(H2,24,26,27,29)/t19-/m1/s1. The lowest BCUT2D eigenvalue weighted by atomic mass is 10.1. The molecule has 2 aromatic rings. The Balaban J connectivity index is 1.78. The van der Waals surface area contributed by atoms with E-state index in [1.165, 1.54) is 6.92 Å². The molecule has 3 rings (SSSR count). The number of nitrogens with zero attached hydrogens (tertiary/aromatic N) is 1. The molecule has 0 aliphatic carbocycles. The van der Waals surface area contributed by atoms with Crippen LogP contribution in [-0.4, -0.2) is 37.0 Å². The van der Waals surface area contributed by atoms with Crippen LogP contribution in [0.2, 0.25) is 0 Å². The third-order valence-corrected chi connectivity index (χ3v) is 5.10. The summed E-state index contributed by atoms with van der Waals surface area (Å²) in [6.45, 7) is 4.51. The van der Waals surface area contributed by atoms with Crippen LogP contribution in [-0.2, 0) is 9.53 Å². The van der Waals surface area contributed by atoms with Crippen LogP contribution in [0.5, 0.6) is 0 Å². The number of ether oxygens (including phenoxy) is 1. The number of aliphatic imine (C=N–C) groups is 1. The smallest absolute Gasteiger partial charge is 0.258 e. The number of nitrogens with one attached hydrogen (secondary N) is 3. The number of hydrogen-bond acceptors (Lipinski definition) is 4. The highest BCUT2D eigenvalue weighted by atomic mass is 79.9. The molecule has 1 fully saturated rings. The summed E-state index contributed by atoms with van der Waals surface area (Å²) < 4.78 is 6.55. The third-order valence-electron chi connectivity index (χ3n) is 4.61. The molecular formula is C22H25BrN4O3.